The van der Waals surface area contributed by atoms with Crippen LogP contribution in [0.1, 0.15) is 39.0 Å². The molecular formula is C11H21NO4S. The van der Waals surface area contributed by atoms with Gasteiger partial charge in [0.1, 0.15) is 0 Å². The van der Waals surface area contributed by atoms with Gasteiger partial charge in [-0.15, -0.1) is 0 Å². The summed E-state index contributed by atoms with van der Waals surface area (Å²) >= 11 is 0. The lowest BCUT2D eigenvalue weighted by Gasteiger charge is -2.46. The van der Waals surface area contributed by atoms with Crippen LogP contribution in [0.3, 0.4) is 0 Å². The van der Waals surface area contributed by atoms with E-state index in [9.17, 15) is 8.42 Å². The molecule has 0 aromatic rings. The Morgan fingerprint density at radius 2 is 2.12 bits per heavy atom. The van der Waals surface area contributed by atoms with Gasteiger partial charge in [-0.3, -0.25) is 0 Å². The summed E-state index contributed by atoms with van der Waals surface area (Å²) in [5, 5.41) is 5.03. The van der Waals surface area contributed by atoms with Crippen molar-refractivity contribution in [2.24, 2.45) is 11.1 Å². The summed E-state index contributed by atoms with van der Waals surface area (Å²) in [4.78, 5) is 0. The predicted molar refractivity (Wildman–Crippen MR) is 63.8 cm³/mol. The van der Waals surface area contributed by atoms with Gasteiger partial charge in [0.2, 0.25) is 10.0 Å². The minimum absolute atomic E-state index is 0.0669. The van der Waals surface area contributed by atoms with Crippen molar-refractivity contribution < 1.29 is 17.9 Å². The summed E-state index contributed by atoms with van der Waals surface area (Å²) in [5.41, 5.74) is -0.225. The molecule has 1 saturated heterocycles. The van der Waals surface area contributed by atoms with Crippen LogP contribution in [0.2, 0.25) is 0 Å². The summed E-state index contributed by atoms with van der Waals surface area (Å²) < 4.78 is 33.3. The van der Waals surface area contributed by atoms with Crippen molar-refractivity contribution in [3.63, 3.8) is 0 Å². The van der Waals surface area contributed by atoms with E-state index in [1.807, 2.05) is 6.92 Å². The molecule has 1 heterocycles. The molecule has 100 valence electrons. The van der Waals surface area contributed by atoms with Crippen molar-refractivity contribution in [3.8, 4) is 0 Å². The van der Waals surface area contributed by atoms with Crippen LogP contribution in [0.4, 0.5) is 0 Å². The minimum atomic E-state index is -3.35. The van der Waals surface area contributed by atoms with E-state index in [4.69, 9.17) is 14.6 Å². The van der Waals surface area contributed by atoms with Gasteiger partial charge in [0, 0.05) is 6.61 Å². The van der Waals surface area contributed by atoms with E-state index in [0.29, 0.717) is 0 Å². The first-order valence-corrected chi connectivity index (χ1v) is 7.88. The molecule has 0 amide bonds. The third-order valence-corrected chi connectivity index (χ3v) is 4.40. The second-order valence-electron chi connectivity index (χ2n) is 5.47. The Bertz CT molecular complexity index is 356. The highest BCUT2D eigenvalue weighted by molar-refractivity contribution is 7.89. The van der Waals surface area contributed by atoms with Crippen LogP contribution in [0.5, 0.6) is 0 Å². The molecule has 0 spiro atoms. The average Bonchev–Trinajstić information content (AvgIpc) is 2.14. The number of sulfonamides is 1. The number of ether oxygens (including phenoxy) is 2. The molecule has 2 N–H and O–H groups in total. The molecule has 2 rings (SSSR count). The molecule has 0 radical (unpaired) electrons. The zero-order valence-electron chi connectivity index (χ0n) is 10.2. The lowest BCUT2D eigenvalue weighted by Crippen LogP contribution is -2.49. The molecule has 0 aromatic heterocycles. The molecule has 2 aliphatic rings. The highest BCUT2D eigenvalue weighted by atomic mass is 32.2. The van der Waals surface area contributed by atoms with Gasteiger partial charge in [0.25, 0.3) is 0 Å². The average molecular weight is 263 g/mol. The highest BCUT2D eigenvalue weighted by Gasteiger charge is 2.44. The first-order valence-electron chi connectivity index (χ1n) is 6.16. The second kappa shape index (κ2) is 4.84. The normalized spacial score (nSPS) is 38.7. The molecule has 17 heavy (non-hydrogen) atoms. The van der Waals surface area contributed by atoms with Crippen molar-refractivity contribution in [2.75, 3.05) is 12.4 Å². The zero-order valence-corrected chi connectivity index (χ0v) is 11.0. The van der Waals surface area contributed by atoms with E-state index in [1.54, 1.807) is 0 Å². The molecule has 1 aliphatic heterocycles. The number of nitrogens with two attached hydrogens (primary N) is 1. The van der Waals surface area contributed by atoms with Crippen LogP contribution in [-0.2, 0) is 19.5 Å². The Morgan fingerprint density at radius 3 is 2.65 bits per heavy atom. The van der Waals surface area contributed by atoms with Crippen molar-refractivity contribution in [2.45, 2.75) is 50.9 Å². The van der Waals surface area contributed by atoms with Crippen LogP contribution in [-0.4, -0.2) is 32.7 Å². The number of rotatable bonds is 4. The molecule has 1 saturated carbocycles. The monoisotopic (exact) mass is 263 g/mol. The van der Waals surface area contributed by atoms with Gasteiger partial charge < -0.3 is 9.47 Å². The summed E-state index contributed by atoms with van der Waals surface area (Å²) in [5.74, 6) is 0.205. The molecule has 1 unspecified atom stereocenters. The van der Waals surface area contributed by atoms with Gasteiger partial charge in [-0.05, 0) is 44.9 Å². The maximum atomic E-state index is 10.9. The Morgan fingerprint density at radius 1 is 1.41 bits per heavy atom. The lowest BCUT2D eigenvalue weighted by molar-refractivity contribution is -0.248. The van der Waals surface area contributed by atoms with Crippen LogP contribution in [0, 0.1) is 5.92 Å². The van der Waals surface area contributed by atoms with Gasteiger partial charge in [0.05, 0.1) is 11.4 Å². The maximum Gasteiger partial charge on any atom is 0.209 e. The summed E-state index contributed by atoms with van der Waals surface area (Å²) in [6.07, 6.45) is 4.58. The number of hydrogen-bond acceptors (Lipinski definition) is 4. The second-order valence-corrected chi connectivity index (χ2v) is 7.13. The molecule has 1 aliphatic carbocycles. The zero-order chi connectivity index (χ0) is 12.5. The van der Waals surface area contributed by atoms with Crippen LogP contribution in [0.25, 0.3) is 0 Å². The topological polar surface area (TPSA) is 78.6 Å². The molecule has 1 atom stereocenters. The summed E-state index contributed by atoms with van der Waals surface area (Å²) in [6, 6.07) is 0. The third-order valence-electron chi connectivity index (χ3n) is 3.46. The fraction of sp³-hybridized carbons (Fsp3) is 1.00. The maximum absolute atomic E-state index is 10.9. The van der Waals surface area contributed by atoms with Crippen molar-refractivity contribution >= 4 is 10.0 Å². The molecule has 5 nitrogen and oxygen atoms in total. The van der Waals surface area contributed by atoms with Crippen LogP contribution in [0.15, 0.2) is 0 Å². The third kappa shape index (κ3) is 3.91. The first-order chi connectivity index (χ1) is 7.86. The van der Waals surface area contributed by atoms with E-state index in [1.165, 1.54) is 0 Å². The van der Waals surface area contributed by atoms with E-state index >= 15 is 0 Å². The van der Waals surface area contributed by atoms with E-state index in [2.05, 4.69) is 0 Å². The fourth-order valence-corrected chi connectivity index (χ4v) is 3.72. The van der Waals surface area contributed by atoms with Crippen LogP contribution >= 0.6 is 0 Å². The van der Waals surface area contributed by atoms with Crippen molar-refractivity contribution in [1.29, 1.82) is 0 Å². The SMILES string of the molecule is C[C@]1(OC2CCCCO2)C[C@H](CS(N)(=O)=O)C1. The summed E-state index contributed by atoms with van der Waals surface area (Å²) in [6.45, 7) is 2.78. The van der Waals surface area contributed by atoms with Gasteiger partial charge in [0.15, 0.2) is 6.29 Å². The quantitative estimate of drug-likeness (QED) is 0.820. The fourth-order valence-electron chi connectivity index (χ4n) is 2.83. The molecule has 6 heteroatoms. The Hall–Kier alpha value is -0.170. The predicted octanol–water partition coefficient (Wildman–Crippen LogP) is 0.987. The van der Waals surface area contributed by atoms with Crippen molar-refractivity contribution in [1.82, 2.24) is 0 Å². The van der Waals surface area contributed by atoms with Gasteiger partial charge in [-0.1, -0.05) is 0 Å². The van der Waals surface area contributed by atoms with Gasteiger partial charge >= 0.3 is 0 Å². The van der Waals surface area contributed by atoms with E-state index in [0.717, 1.165) is 38.7 Å². The van der Waals surface area contributed by atoms with Gasteiger partial charge in [-0.2, -0.15) is 0 Å². The summed E-state index contributed by atoms with van der Waals surface area (Å²) in [7, 11) is -3.35. The Kier molecular flexibility index (Phi) is 3.77. The molecule has 0 bridgehead atoms. The van der Waals surface area contributed by atoms with E-state index < -0.39 is 10.0 Å². The minimum Gasteiger partial charge on any atom is -0.353 e. The highest BCUT2D eigenvalue weighted by Crippen LogP contribution is 2.42. The molecule has 0 aromatic carbocycles. The Labute approximate surface area is 103 Å². The van der Waals surface area contributed by atoms with E-state index in [-0.39, 0.29) is 23.6 Å². The largest absolute Gasteiger partial charge is 0.353 e. The smallest absolute Gasteiger partial charge is 0.209 e. The molecular weight excluding hydrogens is 242 g/mol. The first kappa shape index (κ1) is 13.3. The van der Waals surface area contributed by atoms with Crippen molar-refractivity contribution in [3.05, 3.63) is 0 Å². The standard InChI is InChI=1S/C11H21NO4S/c1-11(16-10-4-2-3-5-15-10)6-9(7-11)8-17(12,13)14/h9-10H,2-8H2,1H3,(H2,12,13,14)/t9-,10?,11-. The number of hydrogen-bond donors (Lipinski definition) is 1. The molecule has 2 fully saturated rings. The number of primary sulfonamides is 1. The Balaban J connectivity index is 1.76. The van der Waals surface area contributed by atoms with Gasteiger partial charge in [-0.25, -0.2) is 13.6 Å². The van der Waals surface area contributed by atoms with Crippen LogP contribution < -0.4 is 5.14 Å². The lowest BCUT2D eigenvalue weighted by atomic mass is 9.73.